The standard InChI is InChI=1S/C22H26N4O3/c1-15(26-20-8-5-4-7-18(20)23-24-26)13-22(27)25-12-6-9-19(25)17-11-10-16(28-2)14-21(17)29-3/h4-5,7-8,10-11,14-15,19H,6,9,12-13H2,1-3H3/t15-,19-/m1/s1. The fourth-order valence-electron chi connectivity index (χ4n) is 4.15. The number of rotatable bonds is 6. The molecule has 1 saturated heterocycles. The maximum Gasteiger partial charge on any atom is 0.225 e. The van der Waals surface area contributed by atoms with E-state index in [1.807, 2.05) is 59.0 Å². The molecular weight excluding hydrogens is 368 g/mol. The molecule has 2 heterocycles. The maximum atomic E-state index is 13.2. The van der Waals surface area contributed by atoms with E-state index in [9.17, 15) is 4.79 Å². The van der Waals surface area contributed by atoms with E-state index in [1.54, 1.807) is 14.2 Å². The first-order valence-electron chi connectivity index (χ1n) is 9.93. The normalized spacial score (nSPS) is 17.5. The van der Waals surface area contributed by atoms with E-state index < -0.39 is 0 Å². The summed E-state index contributed by atoms with van der Waals surface area (Å²) in [4.78, 5) is 15.2. The van der Waals surface area contributed by atoms with Crippen LogP contribution in [0.15, 0.2) is 42.5 Å². The van der Waals surface area contributed by atoms with Crippen LogP contribution < -0.4 is 9.47 Å². The van der Waals surface area contributed by atoms with E-state index in [2.05, 4.69) is 10.3 Å². The summed E-state index contributed by atoms with van der Waals surface area (Å²) in [5.74, 6) is 1.62. The zero-order valence-corrected chi connectivity index (χ0v) is 17.0. The molecule has 3 aromatic rings. The van der Waals surface area contributed by atoms with Gasteiger partial charge < -0.3 is 14.4 Å². The molecule has 152 valence electrons. The molecule has 0 N–H and O–H groups in total. The summed E-state index contributed by atoms with van der Waals surface area (Å²) in [7, 11) is 3.28. The number of aromatic nitrogens is 3. The van der Waals surface area contributed by atoms with Gasteiger partial charge in [-0.15, -0.1) is 5.10 Å². The topological polar surface area (TPSA) is 69.5 Å². The molecule has 1 fully saturated rings. The number of carbonyl (C=O) groups excluding carboxylic acids is 1. The first-order chi connectivity index (χ1) is 14.1. The van der Waals surface area contributed by atoms with Crippen LogP contribution in [-0.4, -0.2) is 46.6 Å². The molecule has 0 spiro atoms. The van der Waals surface area contributed by atoms with Crippen LogP contribution in [0.4, 0.5) is 0 Å². The number of carbonyl (C=O) groups is 1. The Balaban J connectivity index is 1.54. The van der Waals surface area contributed by atoms with E-state index in [0.29, 0.717) is 6.42 Å². The Hall–Kier alpha value is -3.09. The highest BCUT2D eigenvalue weighted by atomic mass is 16.5. The van der Waals surface area contributed by atoms with Crippen molar-refractivity contribution in [2.24, 2.45) is 0 Å². The largest absolute Gasteiger partial charge is 0.497 e. The quantitative estimate of drug-likeness (QED) is 0.637. The van der Waals surface area contributed by atoms with Crippen molar-refractivity contribution in [1.82, 2.24) is 19.9 Å². The van der Waals surface area contributed by atoms with E-state index in [1.165, 1.54) is 0 Å². The molecule has 7 nitrogen and oxygen atoms in total. The molecule has 0 saturated carbocycles. The zero-order chi connectivity index (χ0) is 20.4. The number of para-hydroxylation sites is 1. The Morgan fingerprint density at radius 2 is 2.03 bits per heavy atom. The van der Waals surface area contributed by atoms with Gasteiger partial charge in [-0.05, 0) is 44.0 Å². The third-order valence-corrected chi connectivity index (χ3v) is 5.64. The maximum absolute atomic E-state index is 13.2. The zero-order valence-electron chi connectivity index (χ0n) is 17.0. The first kappa shape index (κ1) is 19.2. The van der Waals surface area contributed by atoms with Crippen molar-refractivity contribution < 1.29 is 14.3 Å². The highest BCUT2D eigenvalue weighted by Crippen LogP contribution is 2.39. The smallest absolute Gasteiger partial charge is 0.225 e. The van der Waals surface area contributed by atoms with E-state index >= 15 is 0 Å². The van der Waals surface area contributed by atoms with Crippen molar-refractivity contribution in [3.8, 4) is 11.5 Å². The second-order valence-corrected chi connectivity index (χ2v) is 7.43. The van der Waals surface area contributed by atoms with Crippen molar-refractivity contribution in [3.05, 3.63) is 48.0 Å². The number of nitrogens with zero attached hydrogens (tertiary/aromatic N) is 4. The minimum absolute atomic E-state index is 0.0167. The number of likely N-dealkylation sites (tertiary alicyclic amines) is 1. The summed E-state index contributed by atoms with van der Waals surface area (Å²) < 4.78 is 12.7. The average Bonchev–Trinajstić information content (AvgIpc) is 3.40. The predicted octanol–water partition coefficient (Wildman–Crippen LogP) is 3.76. The third-order valence-electron chi connectivity index (χ3n) is 5.64. The summed E-state index contributed by atoms with van der Waals surface area (Å²) in [5.41, 5.74) is 2.81. The fourth-order valence-corrected chi connectivity index (χ4v) is 4.15. The summed E-state index contributed by atoms with van der Waals surface area (Å²) >= 11 is 0. The summed E-state index contributed by atoms with van der Waals surface area (Å²) in [5, 5.41) is 8.47. The molecule has 4 rings (SSSR count). The molecule has 1 aliphatic rings. The van der Waals surface area contributed by atoms with Crippen LogP contribution in [0, 0.1) is 0 Å². The van der Waals surface area contributed by atoms with E-state index in [-0.39, 0.29) is 18.0 Å². The number of ether oxygens (including phenoxy) is 2. The van der Waals surface area contributed by atoms with Gasteiger partial charge in [-0.3, -0.25) is 4.79 Å². The van der Waals surface area contributed by atoms with Gasteiger partial charge in [0, 0.05) is 24.6 Å². The predicted molar refractivity (Wildman–Crippen MR) is 110 cm³/mol. The molecule has 1 amide bonds. The van der Waals surface area contributed by atoms with Gasteiger partial charge in [0.25, 0.3) is 0 Å². The molecule has 2 atom stereocenters. The molecule has 29 heavy (non-hydrogen) atoms. The van der Waals surface area contributed by atoms with Gasteiger partial charge >= 0.3 is 0 Å². The number of fused-ring (bicyclic) bond motifs is 1. The van der Waals surface area contributed by atoms with Gasteiger partial charge in [-0.1, -0.05) is 17.3 Å². The molecule has 0 unspecified atom stereocenters. The second kappa shape index (κ2) is 8.11. The Kier molecular flexibility index (Phi) is 5.38. The molecule has 0 bridgehead atoms. The van der Waals surface area contributed by atoms with Gasteiger partial charge in [0.2, 0.25) is 5.91 Å². The van der Waals surface area contributed by atoms with Crippen molar-refractivity contribution in [2.45, 2.75) is 38.3 Å². The van der Waals surface area contributed by atoms with Crippen LogP contribution in [0.25, 0.3) is 11.0 Å². The first-order valence-corrected chi connectivity index (χ1v) is 9.93. The Labute approximate surface area is 170 Å². The van der Waals surface area contributed by atoms with Crippen molar-refractivity contribution >= 4 is 16.9 Å². The Morgan fingerprint density at radius 3 is 2.83 bits per heavy atom. The minimum atomic E-state index is -0.0751. The van der Waals surface area contributed by atoms with Gasteiger partial charge in [0.05, 0.1) is 31.8 Å². The average molecular weight is 394 g/mol. The monoisotopic (exact) mass is 394 g/mol. The summed E-state index contributed by atoms with van der Waals surface area (Å²) in [6, 6.07) is 13.6. The minimum Gasteiger partial charge on any atom is -0.497 e. The lowest BCUT2D eigenvalue weighted by atomic mass is 10.0. The van der Waals surface area contributed by atoms with Crippen LogP contribution in [0.3, 0.4) is 0 Å². The van der Waals surface area contributed by atoms with Crippen LogP contribution in [0.5, 0.6) is 11.5 Å². The Bertz CT molecular complexity index is 1020. The van der Waals surface area contributed by atoms with Crippen molar-refractivity contribution in [3.63, 3.8) is 0 Å². The van der Waals surface area contributed by atoms with Crippen LogP contribution in [0.1, 0.15) is 43.8 Å². The number of hydrogen-bond donors (Lipinski definition) is 0. The Morgan fingerprint density at radius 1 is 1.21 bits per heavy atom. The molecular formula is C22H26N4O3. The van der Waals surface area contributed by atoms with Crippen LogP contribution in [0.2, 0.25) is 0 Å². The van der Waals surface area contributed by atoms with Crippen LogP contribution >= 0.6 is 0 Å². The number of hydrogen-bond acceptors (Lipinski definition) is 5. The molecule has 0 radical (unpaired) electrons. The molecule has 1 aliphatic heterocycles. The lowest BCUT2D eigenvalue weighted by molar-refractivity contribution is -0.132. The number of amides is 1. The van der Waals surface area contributed by atoms with Gasteiger partial charge in [-0.2, -0.15) is 0 Å². The fraction of sp³-hybridized carbons (Fsp3) is 0.409. The van der Waals surface area contributed by atoms with Gasteiger partial charge in [-0.25, -0.2) is 4.68 Å². The SMILES string of the molecule is COc1ccc([C@H]2CCCN2C(=O)C[C@@H](C)n2nnc3ccccc32)c(OC)c1. The van der Waals surface area contributed by atoms with Gasteiger partial charge in [0.15, 0.2) is 0 Å². The highest BCUT2D eigenvalue weighted by molar-refractivity contribution is 5.78. The van der Waals surface area contributed by atoms with Crippen molar-refractivity contribution in [2.75, 3.05) is 20.8 Å². The second-order valence-electron chi connectivity index (χ2n) is 7.43. The summed E-state index contributed by atoms with van der Waals surface area (Å²) in [6.07, 6.45) is 2.28. The van der Waals surface area contributed by atoms with Gasteiger partial charge in [0.1, 0.15) is 17.0 Å². The molecule has 7 heteroatoms. The number of benzene rings is 2. The lowest BCUT2D eigenvalue weighted by Crippen LogP contribution is -2.32. The van der Waals surface area contributed by atoms with Crippen molar-refractivity contribution in [1.29, 1.82) is 0 Å². The highest BCUT2D eigenvalue weighted by Gasteiger charge is 2.32. The summed E-state index contributed by atoms with van der Waals surface area (Å²) in [6.45, 7) is 2.77. The van der Waals surface area contributed by atoms with E-state index in [0.717, 1.165) is 47.5 Å². The molecule has 1 aromatic heterocycles. The molecule has 0 aliphatic carbocycles. The molecule has 2 aromatic carbocycles. The lowest BCUT2D eigenvalue weighted by Gasteiger charge is -2.27. The third kappa shape index (κ3) is 3.64. The van der Waals surface area contributed by atoms with E-state index in [4.69, 9.17) is 9.47 Å². The number of methoxy groups -OCH3 is 2. The van der Waals surface area contributed by atoms with Crippen LogP contribution in [-0.2, 0) is 4.79 Å².